The number of nitrogens with zero attached hydrogens (tertiary/aromatic N) is 2. The van der Waals surface area contributed by atoms with Gasteiger partial charge in [0, 0.05) is 18.0 Å². The maximum absolute atomic E-state index is 12.9. The van der Waals surface area contributed by atoms with Crippen LogP contribution in [0.25, 0.3) is 0 Å². The van der Waals surface area contributed by atoms with Crippen LogP contribution < -0.4 is 14.8 Å². The molecule has 98 valence electrons. The normalized spacial score (nSPS) is 15.3. The second-order valence-electron chi connectivity index (χ2n) is 3.67. The average Bonchev–Trinajstić information content (AvgIpc) is 2.65. The summed E-state index contributed by atoms with van der Waals surface area (Å²) in [6.45, 7) is 0. The lowest BCUT2D eigenvalue weighted by Gasteiger charge is -2.07. The Morgan fingerprint density at radius 1 is 1.21 bits per heavy atom. The molecule has 0 saturated heterocycles. The maximum Gasteiger partial charge on any atom is 0.586 e. The van der Waals surface area contributed by atoms with Gasteiger partial charge in [0.25, 0.3) is 0 Å². The molecule has 0 amide bonds. The number of rotatable bonds is 2. The van der Waals surface area contributed by atoms with Crippen LogP contribution in [0.15, 0.2) is 30.7 Å². The van der Waals surface area contributed by atoms with E-state index in [2.05, 4.69) is 47.3 Å². The van der Waals surface area contributed by atoms with Crippen molar-refractivity contribution in [3.05, 3.63) is 34.3 Å². The largest absolute Gasteiger partial charge is 0.586 e. The van der Waals surface area contributed by atoms with Gasteiger partial charge in [-0.2, -0.15) is 0 Å². The molecule has 0 atom stereocenters. The van der Waals surface area contributed by atoms with E-state index in [4.69, 9.17) is 0 Å². The van der Waals surface area contributed by atoms with Crippen LogP contribution in [0, 0.1) is 3.57 Å². The van der Waals surface area contributed by atoms with E-state index in [1.54, 1.807) is 12.3 Å². The molecule has 5 nitrogen and oxygen atoms in total. The Morgan fingerprint density at radius 3 is 2.79 bits per heavy atom. The summed E-state index contributed by atoms with van der Waals surface area (Å²) in [6, 6.07) is 4.43. The molecule has 1 aromatic carbocycles. The van der Waals surface area contributed by atoms with Crippen molar-refractivity contribution in [2.75, 3.05) is 5.32 Å². The number of hydrogen-bond acceptors (Lipinski definition) is 5. The Bertz CT molecular complexity index is 639. The number of hydrogen-bond donors (Lipinski definition) is 1. The van der Waals surface area contributed by atoms with E-state index in [0.29, 0.717) is 11.5 Å². The van der Waals surface area contributed by atoms with Crippen molar-refractivity contribution < 1.29 is 18.3 Å². The highest BCUT2D eigenvalue weighted by molar-refractivity contribution is 14.1. The zero-order chi connectivity index (χ0) is 13.5. The molecule has 1 aliphatic heterocycles. The fourth-order valence-corrected chi connectivity index (χ4v) is 2.00. The zero-order valence-electron chi connectivity index (χ0n) is 9.23. The Hall–Kier alpha value is -1.71. The minimum atomic E-state index is -3.61. The number of anilines is 2. The first-order chi connectivity index (χ1) is 9.03. The maximum atomic E-state index is 12.9. The predicted molar refractivity (Wildman–Crippen MR) is 70.7 cm³/mol. The third-order valence-corrected chi connectivity index (χ3v) is 3.12. The number of halogens is 3. The third kappa shape index (κ3) is 2.53. The molecule has 1 aliphatic rings. The Morgan fingerprint density at radius 2 is 2.00 bits per heavy atom. The molecule has 1 aromatic heterocycles. The SMILES string of the molecule is FC1(F)Oc2ccc(Nc3ncncc3I)cc2O1. The van der Waals surface area contributed by atoms with Crippen molar-refractivity contribution >= 4 is 34.1 Å². The molecule has 0 fully saturated rings. The van der Waals surface area contributed by atoms with Gasteiger partial charge in [0.15, 0.2) is 11.5 Å². The summed E-state index contributed by atoms with van der Waals surface area (Å²) in [5.74, 6) is 0.577. The number of ether oxygens (including phenoxy) is 2. The Labute approximate surface area is 120 Å². The molecule has 0 spiro atoms. The first kappa shape index (κ1) is 12.3. The molecular weight excluding hydrogens is 371 g/mol. The first-order valence-corrected chi connectivity index (χ1v) is 6.24. The molecule has 19 heavy (non-hydrogen) atoms. The van der Waals surface area contributed by atoms with Gasteiger partial charge < -0.3 is 14.8 Å². The lowest BCUT2D eigenvalue weighted by molar-refractivity contribution is -0.286. The number of aromatic nitrogens is 2. The average molecular weight is 377 g/mol. The van der Waals surface area contributed by atoms with Gasteiger partial charge >= 0.3 is 6.29 Å². The van der Waals surface area contributed by atoms with Crippen LogP contribution in [0.3, 0.4) is 0 Å². The molecule has 3 rings (SSSR count). The summed E-state index contributed by atoms with van der Waals surface area (Å²) >= 11 is 2.07. The molecule has 2 aromatic rings. The van der Waals surface area contributed by atoms with E-state index >= 15 is 0 Å². The molecule has 0 bridgehead atoms. The van der Waals surface area contributed by atoms with Gasteiger partial charge in [-0.05, 0) is 34.7 Å². The molecule has 0 aliphatic carbocycles. The molecule has 0 radical (unpaired) electrons. The van der Waals surface area contributed by atoms with E-state index in [1.807, 2.05) is 0 Å². The summed E-state index contributed by atoms with van der Waals surface area (Å²) in [4.78, 5) is 7.91. The monoisotopic (exact) mass is 377 g/mol. The molecule has 2 heterocycles. The first-order valence-electron chi connectivity index (χ1n) is 5.16. The minimum Gasteiger partial charge on any atom is -0.395 e. The van der Waals surface area contributed by atoms with E-state index < -0.39 is 6.29 Å². The summed E-state index contributed by atoms with van der Waals surface area (Å²) in [5.41, 5.74) is 0.566. The quantitative estimate of drug-likeness (QED) is 0.816. The molecular formula is C11H6F2IN3O2. The summed E-state index contributed by atoms with van der Waals surface area (Å²) in [6.07, 6.45) is -0.576. The number of alkyl halides is 2. The zero-order valence-corrected chi connectivity index (χ0v) is 11.4. The second kappa shape index (κ2) is 4.44. The fourth-order valence-electron chi connectivity index (χ4n) is 1.57. The summed E-state index contributed by atoms with van der Waals surface area (Å²) < 4.78 is 35.2. The summed E-state index contributed by atoms with van der Waals surface area (Å²) in [5, 5.41) is 2.99. The van der Waals surface area contributed by atoms with E-state index in [-0.39, 0.29) is 11.5 Å². The van der Waals surface area contributed by atoms with Crippen LogP contribution >= 0.6 is 22.6 Å². The van der Waals surface area contributed by atoms with E-state index in [9.17, 15) is 8.78 Å². The van der Waals surface area contributed by atoms with Crippen molar-refractivity contribution in [2.24, 2.45) is 0 Å². The van der Waals surface area contributed by atoms with Crippen molar-refractivity contribution in [3.8, 4) is 11.5 Å². The molecule has 8 heteroatoms. The summed E-state index contributed by atoms with van der Waals surface area (Å²) in [7, 11) is 0. The van der Waals surface area contributed by atoms with Crippen LogP contribution in [0.4, 0.5) is 20.3 Å². The second-order valence-corrected chi connectivity index (χ2v) is 4.84. The Balaban J connectivity index is 1.87. The van der Waals surface area contributed by atoms with Gasteiger partial charge in [-0.15, -0.1) is 8.78 Å². The van der Waals surface area contributed by atoms with Crippen LogP contribution in [0.2, 0.25) is 0 Å². The highest BCUT2D eigenvalue weighted by Gasteiger charge is 2.43. The molecule has 0 saturated carbocycles. The molecule has 0 unspecified atom stereocenters. The number of nitrogens with one attached hydrogen (secondary N) is 1. The van der Waals surface area contributed by atoms with Crippen LogP contribution in [-0.2, 0) is 0 Å². The molecule has 1 N–H and O–H groups in total. The van der Waals surface area contributed by atoms with Crippen molar-refractivity contribution in [1.29, 1.82) is 0 Å². The van der Waals surface area contributed by atoms with Gasteiger partial charge in [0.1, 0.15) is 12.1 Å². The highest BCUT2D eigenvalue weighted by atomic mass is 127. The van der Waals surface area contributed by atoms with E-state index in [0.717, 1.165) is 3.57 Å². The van der Waals surface area contributed by atoms with Crippen LogP contribution in [-0.4, -0.2) is 16.3 Å². The van der Waals surface area contributed by atoms with Gasteiger partial charge in [0.05, 0.1) is 3.57 Å². The lowest BCUT2D eigenvalue weighted by atomic mass is 10.3. The van der Waals surface area contributed by atoms with Gasteiger partial charge in [0.2, 0.25) is 0 Å². The van der Waals surface area contributed by atoms with Crippen molar-refractivity contribution in [2.45, 2.75) is 6.29 Å². The van der Waals surface area contributed by atoms with Gasteiger partial charge in [-0.3, -0.25) is 0 Å². The van der Waals surface area contributed by atoms with Crippen molar-refractivity contribution in [1.82, 2.24) is 9.97 Å². The van der Waals surface area contributed by atoms with Crippen LogP contribution in [0.5, 0.6) is 11.5 Å². The Kier molecular flexibility index (Phi) is 2.88. The highest BCUT2D eigenvalue weighted by Crippen LogP contribution is 2.42. The van der Waals surface area contributed by atoms with E-state index in [1.165, 1.54) is 18.5 Å². The third-order valence-electron chi connectivity index (χ3n) is 2.33. The van der Waals surface area contributed by atoms with Gasteiger partial charge in [-0.1, -0.05) is 0 Å². The van der Waals surface area contributed by atoms with Gasteiger partial charge in [-0.25, -0.2) is 9.97 Å². The fraction of sp³-hybridized carbons (Fsp3) is 0.0909. The van der Waals surface area contributed by atoms with Crippen molar-refractivity contribution in [3.63, 3.8) is 0 Å². The topological polar surface area (TPSA) is 56.3 Å². The number of benzene rings is 1. The predicted octanol–water partition coefficient (Wildman–Crippen LogP) is 3.15. The number of fused-ring (bicyclic) bond motifs is 1. The standard InChI is InChI=1S/C11H6F2IN3O2/c12-11(13)18-8-2-1-6(3-9(8)19-11)17-10-7(14)4-15-5-16-10/h1-5H,(H,15,16,17). The lowest BCUT2D eigenvalue weighted by Crippen LogP contribution is -2.25. The van der Waals surface area contributed by atoms with Crippen LogP contribution in [0.1, 0.15) is 0 Å². The smallest absolute Gasteiger partial charge is 0.395 e. The minimum absolute atomic E-state index is 0.00735.